The van der Waals surface area contributed by atoms with E-state index in [9.17, 15) is 13.2 Å². The van der Waals surface area contributed by atoms with Crippen LogP contribution in [0.3, 0.4) is 0 Å². The third kappa shape index (κ3) is 3.49. The van der Waals surface area contributed by atoms with Gasteiger partial charge in [0.15, 0.2) is 0 Å². The highest BCUT2D eigenvalue weighted by atomic mass is 32.2. The predicted octanol–water partition coefficient (Wildman–Crippen LogP) is 1.23. The molecule has 2 fully saturated rings. The van der Waals surface area contributed by atoms with E-state index >= 15 is 0 Å². The Hall–Kier alpha value is -1.41. The van der Waals surface area contributed by atoms with E-state index < -0.39 is 10.0 Å². The Morgan fingerprint density at radius 3 is 2.21 bits per heavy atom. The third-order valence-electron chi connectivity index (χ3n) is 4.57. The summed E-state index contributed by atoms with van der Waals surface area (Å²) in [6.07, 6.45) is 3.49. The lowest BCUT2D eigenvalue weighted by Gasteiger charge is -2.34. The van der Waals surface area contributed by atoms with Crippen LogP contribution in [0.5, 0.6) is 0 Å². The number of amides is 1. The summed E-state index contributed by atoms with van der Waals surface area (Å²) in [6, 6.07) is 1.92. The molecule has 0 atom stereocenters. The first-order valence-electron chi connectivity index (χ1n) is 8.42. The number of aromatic nitrogens is 2. The second-order valence-corrected chi connectivity index (χ2v) is 9.75. The molecule has 1 saturated carbocycles. The smallest absolute Gasteiger partial charge is 0.272 e. The van der Waals surface area contributed by atoms with E-state index in [0.29, 0.717) is 37.8 Å². The first-order chi connectivity index (χ1) is 11.1. The summed E-state index contributed by atoms with van der Waals surface area (Å²) < 4.78 is 26.5. The molecule has 1 aromatic rings. The van der Waals surface area contributed by atoms with E-state index in [-0.39, 0.29) is 11.4 Å². The number of nitrogens with zero attached hydrogens (tertiary/aromatic N) is 4. The van der Waals surface area contributed by atoms with Crippen LogP contribution in [-0.2, 0) is 15.6 Å². The average Bonchev–Trinajstić information content (AvgIpc) is 3.23. The van der Waals surface area contributed by atoms with E-state index in [2.05, 4.69) is 5.10 Å². The Bertz CT molecular complexity index is 736. The lowest BCUT2D eigenvalue weighted by Crippen LogP contribution is -2.50. The van der Waals surface area contributed by atoms with E-state index in [1.807, 2.05) is 31.5 Å². The molecule has 134 valence electrons. The quantitative estimate of drug-likeness (QED) is 0.818. The molecule has 0 aromatic carbocycles. The van der Waals surface area contributed by atoms with Crippen LogP contribution in [0, 0.1) is 0 Å². The SMILES string of the molecule is CC(C)(C)n1nc(C2CC2)cc1C(=O)N1CCN(S(C)(=O)=O)CC1. The maximum absolute atomic E-state index is 13.0. The summed E-state index contributed by atoms with van der Waals surface area (Å²) in [5, 5.41) is 4.68. The molecule has 0 bridgehead atoms. The van der Waals surface area contributed by atoms with Gasteiger partial charge in [-0.3, -0.25) is 9.48 Å². The molecule has 2 aliphatic rings. The van der Waals surface area contributed by atoms with Gasteiger partial charge in [0.25, 0.3) is 5.91 Å². The second-order valence-electron chi connectivity index (χ2n) is 7.77. The molecule has 1 aliphatic carbocycles. The van der Waals surface area contributed by atoms with E-state index in [4.69, 9.17) is 0 Å². The summed E-state index contributed by atoms with van der Waals surface area (Å²) in [5.74, 6) is 0.430. The Morgan fingerprint density at radius 2 is 1.75 bits per heavy atom. The minimum Gasteiger partial charge on any atom is -0.335 e. The van der Waals surface area contributed by atoms with Gasteiger partial charge in [0.1, 0.15) is 5.69 Å². The zero-order chi connectivity index (χ0) is 17.7. The van der Waals surface area contributed by atoms with Gasteiger partial charge in [-0.05, 0) is 39.7 Å². The molecule has 2 heterocycles. The molecule has 1 aliphatic heterocycles. The Kier molecular flexibility index (Phi) is 4.24. The van der Waals surface area contributed by atoms with Gasteiger partial charge in [-0.2, -0.15) is 9.40 Å². The third-order valence-corrected chi connectivity index (χ3v) is 5.88. The normalized spacial score (nSPS) is 20.4. The topological polar surface area (TPSA) is 75.5 Å². The highest BCUT2D eigenvalue weighted by molar-refractivity contribution is 7.88. The second kappa shape index (κ2) is 5.84. The van der Waals surface area contributed by atoms with Gasteiger partial charge >= 0.3 is 0 Å². The van der Waals surface area contributed by atoms with Crippen molar-refractivity contribution in [2.24, 2.45) is 0 Å². The van der Waals surface area contributed by atoms with Crippen molar-refractivity contribution in [3.63, 3.8) is 0 Å². The molecule has 0 spiro atoms. The first kappa shape index (κ1) is 17.4. The van der Waals surface area contributed by atoms with E-state index in [1.165, 1.54) is 10.6 Å². The summed E-state index contributed by atoms with van der Waals surface area (Å²) in [5.41, 5.74) is 1.34. The van der Waals surface area contributed by atoms with Crippen LogP contribution >= 0.6 is 0 Å². The lowest BCUT2D eigenvalue weighted by atomic mass is 10.1. The van der Waals surface area contributed by atoms with Crippen LogP contribution in [0.4, 0.5) is 0 Å². The number of hydrogen-bond acceptors (Lipinski definition) is 4. The molecule has 7 nitrogen and oxygen atoms in total. The van der Waals surface area contributed by atoms with Crippen molar-refractivity contribution in [1.29, 1.82) is 0 Å². The van der Waals surface area contributed by atoms with Crippen molar-refractivity contribution in [1.82, 2.24) is 19.0 Å². The van der Waals surface area contributed by atoms with E-state index in [1.54, 1.807) is 4.90 Å². The fourth-order valence-corrected chi connectivity index (χ4v) is 3.85. The number of hydrogen-bond donors (Lipinski definition) is 0. The molecular weight excluding hydrogens is 328 g/mol. The first-order valence-corrected chi connectivity index (χ1v) is 10.3. The van der Waals surface area contributed by atoms with Gasteiger partial charge in [0.2, 0.25) is 10.0 Å². The minimum atomic E-state index is -3.19. The van der Waals surface area contributed by atoms with Crippen LogP contribution in [0.2, 0.25) is 0 Å². The van der Waals surface area contributed by atoms with Crippen LogP contribution in [-0.4, -0.2) is 65.7 Å². The largest absolute Gasteiger partial charge is 0.335 e. The number of carbonyl (C=O) groups is 1. The van der Waals surface area contributed by atoms with Crippen molar-refractivity contribution in [3.05, 3.63) is 17.5 Å². The molecule has 1 saturated heterocycles. The molecule has 8 heteroatoms. The molecule has 0 unspecified atom stereocenters. The van der Waals surface area contributed by atoms with Crippen molar-refractivity contribution in [2.75, 3.05) is 32.4 Å². The molecule has 1 aromatic heterocycles. The lowest BCUT2D eigenvalue weighted by molar-refractivity contribution is 0.0678. The summed E-state index contributed by atoms with van der Waals surface area (Å²) in [4.78, 5) is 14.7. The number of carbonyl (C=O) groups excluding carboxylic acids is 1. The molecule has 3 rings (SSSR count). The van der Waals surface area contributed by atoms with Crippen molar-refractivity contribution in [2.45, 2.75) is 45.1 Å². The monoisotopic (exact) mass is 354 g/mol. The predicted molar refractivity (Wildman–Crippen MR) is 91.5 cm³/mol. The van der Waals surface area contributed by atoms with Gasteiger partial charge in [-0.1, -0.05) is 0 Å². The van der Waals surface area contributed by atoms with Crippen molar-refractivity contribution < 1.29 is 13.2 Å². The zero-order valence-electron chi connectivity index (χ0n) is 14.8. The molecule has 0 N–H and O–H groups in total. The van der Waals surface area contributed by atoms with E-state index in [0.717, 1.165) is 18.5 Å². The fourth-order valence-electron chi connectivity index (χ4n) is 3.03. The zero-order valence-corrected chi connectivity index (χ0v) is 15.6. The maximum atomic E-state index is 13.0. The van der Waals surface area contributed by atoms with Gasteiger partial charge < -0.3 is 4.90 Å². The van der Waals surface area contributed by atoms with Crippen LogP contribution in [0.15, 0.2) is 6.07 Å². The molecule has 0 radical (unpaired) electrons. The number of piperazine rings is 1. The molecular formula is C16H26N4O3S. The van der Waals surface area contributed by atoms with Gasteiger partial charge in [0.05, 0.1) is 17.5 Å². The standard InChI is InChI=1S/C16H26N4O3S/c1-16(2,3)20-14(11-13(17-20)12-5-6-12)15(21)18-7-9-19(10-8-18)24(4,22)23/h11-12H,5-10H2,1-4H3. The highest BCUT2D eigenvalue weighted by Gasteiger charge is 2.34. The summed E-state index contributed by atoms with van der Waals surface area (Å²) in [6.45, 7) is 7.65. The van der Waals surface area contributed by atoms with Crippen LogP contribution < -0.4 is 0 Å². The number of sulfonamides is 1. The Morgan fingerprint density at radius 1 is 1.17 bits per heavy atom. The summed E-state index contributed by atoms with van der Waals surface area (Å²) in [7, 11) is -3.19. The highest BCUT2D eigenvalue weighted by Crippen LogP contribution is 2.40. The van der Waals surface area contributed by atoms with Gasteiger partial charge in [0, 0.05) is 32.1 Å². The summed E-state index contributed by atoms with van der Waals surface area (Å²) >= 11 is 0. The van der Waals surface area contributed by atoms with Crippen LogP contribution in [0.25, 0.3) is 0 Å². The maximum Gasteiger partial charge on any atom is 0.272 e. The van der Waals surface area contributed by atoms with Gasteiger partial charge in [-0.25, -0.2) is 8.42 Å². The minimum absolute atomic E-state index is 0.0579. The van der Waals surface area contributed by atoms with Crippen LogP contribution in [0.1, 0.15) is 55.7 Å². The van der Waals surface area contributed by atoms with Crippen molar-refractivity contribution in [3.8, 4) is 0 Å². The fraction of sp³-hybridized carbons (Fsp3) is 0.750. The Balaban J connectivity index is 1.80. The van der Waals surface area contributed by atoms with Gasteiger partial charge in [-0.15, -0.1) is 0 Å². The average molecular weight is 354 g/mol. The number of rotatable bonds is 3. The Labute approximate surface area is 143 Å². The molecule has 24 heavy (non-hydrogen) atoms. The molecule has 1 amide bonds. The van der Waals surface area contributed by atoms with Crippen molar-refractivity contribution >= 4 is 15.9 Å².